The van der Waals surface area contributed by atoms with Crippen LogP contribution in [0.2, 0.25) is 0 Å². The highest BCUT2D eigenvalue weighted by molar-refractivity contribution is 7.75. The summed E-state index contributed by atoms with van der Waals surface area (Å²) in [4.78, 5) is 0. The van der Waals surface area contributed by atoms with Crippen LogP contribution in [0, 0.1) is 13.8 Å². The Morgan fingerprint density at radius 1 is 1.36 bits per heavy atom. The van der Waals surface area contributed by atoms with E-state index in [2.05, 4.69) is 6.07 Å². The average molecular weight is 233 g/mol. The second-order valence-corrected chi connectivity index (χ2v) is 4.40. The molecular weight excluding hydrogens is 219 g/mol. The zero-order chi connectivity index (χ0) is 10.6. The van der Waals surface area contributed by atoms with E-state index in [1.165, 1.54) is 5.56 Å². The third-order valence-corrected chi connectivity index (χ3v) is 3.03. The Labute approximate surface area is 91.1 Å². The lowest BCUT2D eigenvalue weighted by atomic mass is 10.1. The highest BCUT2D eigenvalue weighted by atomic mass is 35.7. The molecule has 1 aromatic rings. The maximum absolute atomic E-state index is 5.86. The lowest BCUT2D eigenvalue weighted by Gasteiger charge is -2.12. The largest absolute Gasteiger partial charge is 0.467 e. The zero-order valence-corrected chi connectivity index (χ0v) is 10.3. The third-order valence-electron chi connectivity index (χ3n) is 1.84. The van der Waals surface area contributed by atoms with Gasteiger partial charge >= 0.3 is 0 Å². The molecule has 0 amide bonds. The highest BCUT2D eigenvalue weighted by Crippen LogP contribution is 2.27. The van der Waals surface area contributed by atoms with Gasteiger partial charge in [0.05, 0.1) is 0 Å². The first kappa shape index (κ1) is 11.8. The summed E-state index contributed by atoms with van der Waals surface area (Å²) >= 11 is 5.86. The summed E-state index contributed by atoms with van der Waals surface area (Å²) in [5.74, 6) is 0.853. The molecule has 4 heteroatoms. The molecule has 0 heterocycles. The highest BCUT2D eigenvalue weighted by Gasteiger charge is 2.07. The molecule has 0 saturated heterocycles. The predicted molar refractivity (Wildman–Crippen MR) is 62.2 cm³/mol. The Balaban J connectivity index is 2.99. The molecule has 78 valence electrons. The fourth-order valence-corrected chi connectivity index (χ4v) is 2.39. The molecule has 1 unspecified atom stereocenters. The van der Waals surface area contributed by atoms with E-state index >= 15 is 0 Å². The summed E-state index contributed by atoms with van der Waals surface area (Å²) in [6.07, 6.45) is 0. The molecule has 2 nitrogen and oxygen atoms in total. The van der Waals surface area contributed by atoms with Crippen LogP contribution in [0.25, 0.3) is 0 Å². The van der Waals surface area contributed by atoms with E-state index in [9.17, 15) is 0 Å². The number of aryl methyl sites for hydroxylation is 2. The van der Waals surface area contributed by atoms with Crippen molar-refractivity contribution in [3.63, 3.8) is 0 Å². The van der Waals surface area contributed by atoms with Crippen LogP contribution in [0.4, 0.5) is 0 Å². The first-order valence-corrected chi connectivity index (χ1v) is 6.30. The summed E-state index contributed by atoms with van der Waals surface area (Å²) in [5.41, 5.74) is 2.31. The van der Waals surface area contributed by atoms with Crippen LogP contribution in [-0.4, -0.2) is 13.9 Å². The number of methoxy groups -OCH3 is 1. The second-order valence-electron chi connectivity index (χ2n) is 3.10. The number of rotatable bonds is 4. The van der Waals surface area contributed by atoms with Gasteiger partial charge in [0.15, 0.2) is 6.79 Å². The SMILES string of the molecule is COCOc1c(C)cc(C)cc1PCl. The van der Waals surface area contributed by atoms with Gasteiger partial charge in [0.2, 0.25) is 0 Å². The molecule has 0 aromatic heterocycles. The number of hydrogen-bond acceptors (Lipinski definition) is 2. The zero-order valence-electron chi connectivity index (χ0n) is 8.56. The van der Waals surface area contributed by atoms with Crippen LogP contribution in [0.5, 0.6) is 5.75 Å². The molecule has 0 fully saturated rings. The molecule has 1 aromatic carbocycles. The van der Waals surface area contributed by atoms with E-state index in [0.717, 1.165) is 16.6 Å². The molecule has 0 bridgehead atoms. The molecule has 0 N–H and O–H groups in total. The Morgan fingerprint density at radius 2 is 2.07 bits per heavy atom. The van der Waals surface area contributed by atoms with Crippen LogP contribution >= 0.6 is 19.2 Å². The Bertz CT molecular complexity index is 315. The van der Waals surface area contributed by atoms with Crippen molar-refractivity contribution in [1.82, 2.24) is 0 Å². The number of ether oxygens (including phenoxy) is 2. The smallest absolute Gasteiger partial charge is 0.188 e. The first-order valence-electron chi connectivity index (χ1n) is 4.28. The van der Waals surface area contributed by atoms with Gasteiger partial charge in [-0.25, -0.2) is 0 Å². The normalized spacial score (nSPS) is 11.1. The van der Waals surface area contributed by atoms with Crippen LogP contribution in [0.15, 0.2) is 12.1 Å². The quantitative estimate of drug-likeness (QED) is 0.587. The molecule has 0 aliphatic carbocycles. The molecule has 0 spiro atoms. The van der Waals surface area contributed by atoms with Crippen molar-refractivity contribution in [2.24, 2.45) is 0 Å². The Morgan fingerprint density at radius 3 is 2.64 bits per heavy atom. The predicted octanol–water partition coefficient (Wildman–Crippen LogP) is 2.74. The Kier molecular flexibility index (Phi) is 4.67. The number of halogens is 1. The van der Waals surface area contributed by atoms with Crippen molar-refractivity contribution in [3.8, 4) is 5.75 Å². The van der Waals surface area contributed by atoms with Crippen molar-refractivity contribution in [3.05, 3.63) is 23.3 Å². The first-order chi connectivity index (χ1) is 6.69. The van der Waals surface area contributed by atoms with Crippen molar-refractivity contribution in [1.29, 1.82) is 0 Å². The van der Waals surface area contributed by atoms with Gasteiger partial charge in [0.25, 0.3) is 0 Å². The summed E-state index contributed by atoms with van der Waals surface area (Å²) in [6, 6.07) is 4.12. The van der Waals surface area contributed by atoms with Gasteiger partial charge in [0, 0.05) is 20.3 Å². The van der Waals surface area contributed by atoms with Crippen LogP contribution in [0.1, 0.15) is 11.1 Å². The third kappa shape index (κ3) is 2.84. The number of hydrogen-bond donors (Lipinski definition) is 0. The summed E-state index contributed by atoms with van der Waals surface area (Å²) < 4.78 is 10.3. The molecule has 14 heavy (non-hydrogen) atoms. The fourth-order valence-electron chi connectivity index (χ4n) is 1.33. The van der Waals surface area contributed by atoms with E-state index in [1.807, 2.05) is 19.9 Å². The average Bonchev–Trinajstić information content (AvgIpc) is 2.15. The van der Waals surface area contributed by atoms with Crippen LogP contribution in [0.3, 0.4) is 0 Å². The maximum Gasteiger partial charge on any atom is 0.188 e. The summed E-state index contributed by atoms with van der Waals surface area (Å²) in [7, 11) is 1.83. The van der Waals surface area contributed by atoms with Gasteiger partial charge in [-0.1, -0.05) is 17.3 Å². The van der Waals surface area contributed by atoms with Gasteiger partial charge in [-0.2, -0.15) is 0 Å². The minimum atomic E-state index is 0.225. The van der Waals surface area contributed by atoms with Gasteiger partial charge in [-0.15, -0.1) is 0 Å². The van der Waals surface area contributed by atoms with Crippen LogP contribution in [-0.2, 0) is 4.74 Å². The summed E-state index contributed by atoms with van der Waals surface area (Å²) in [6.45, 7) is 4.32. The molecular formula is C10H14ClO2P. The topological polar surface area (TPSA) is 18.5 Å². The van der Waals surface area contributed by atoms with E-state index in [4.69, 9.17) is 20.7 Å². The Hall–Kier alpha value is -0.300. The molecule has 0 saturated carbocycles. The van der Waals surface area contributed by atoms with E-state index in [0.29, 0.717) is 0 Å². The second kappa shape index (κ2) is 5.55. The summed E-state index contributed by atoms with van der Waals surface area (Å²) in [5, 5.41) is 1.04. The van der Waals surface area contributed by atoms with Gasteiger partial charge < -0.3 is 9.47 Å². The lowest BCUT2D eigenvalue weighted by molar-refractivity contribution is 0.0514. The molecule has 0 aliphatic rings. The molecule has 1 atom stereocenters. The monoisotopic (exact) mass is 232 g/mol. The van der Waals surface area contributed by atoms with Gasteiger partial charge in [-0.3, -0.25) is 0 Å². The van der Waals surface area contributed by atoms with Gasteiger partial charge in [-0.05, 0) is 31.0 Å². The van der Waals surface area contributed by atoms with E-state index in [-0.39, 0.29) is 14.7 Å². The van der Waals surface area contributed by atoms with E-state index in [1.54, 1.807) is 7.11 Å². The van der Waals surface area contributed by atoms with Gasteiger partial charge in [0.1, 0.15) is 5.75 Å². The van der Waals surface area contributed by atoms with Crippen molar-refractivity contribution in [2.45, 2.75) is 13.8 Å². The van der Waals surface area contributed by atoms with Crippen molar-refractivity contribution in [2.75, 3.05) is 13.9 Å². The minimum Gasteiger partial charge on any atom is -0.467 e. The maximum atomic E-state index is 5.86. The van der Waals surface area contributed by atoms with Crippen molar-refractivity contribution >= 4 is 24.5 Å². The fraction of sp³-hybridized carbons (Fsp3) is 0.400. The minimum absolute atomic E-state index is 0.225. The number of benzene rings is 1. The molecule has 0 radical (unpaired) electrons. The molecule has 1 rings (SSSR count). The van der Waals surface area contributed by atoms with E-state index < -0.39 is 0 Å². The lowest BCUT2D eigenvalue weighted by Crippen LogP contribution is -2.08. The standard InChI is InChI=1S/C10H14ClO2P/c1-7-4-8(2)10(13-6-12-3)9(5-7)14-11/h4-5,14H,6H2,1-3H3. The molecule has 0 aliphatic heterocycles. The van der Waals surface area contributed by atoms with Crippen molar-refractivity contribution < 1.29 is 9.47 Å². The van der Waals surface area contributed by atoms with Crippen LogP contribution < -0.4 is 10.0 Å².